The van der Waals surface area contributed by atoms with Crippen LogP contribution in [0.2, 0.25) is 0 Å². The average molecular weight is 294 g/mol. The van der Waals surface area contributed by atoms with Gasteiger partial charge in [-0.25, -0.2) is 0 Å². The summed E-state index contributed by atoms with van der Waals surface area (Å²) in [6.45, 7) is 3.78. The van der Waals surface area contributed by atoms with Gasteiger partial charge in [-0.05, 0) is 49.7 Å². The van der Waals surface area contributed by atoms with Crippen molar-refractivity contribution in [2.45, 2.75) is 57.5 Å². The van der Waals surface area contributed by atoms with E-state index in [1.165, 1.54) is 56.0 Å². The lowest BCUT2D eigenvalue weighted by molar-refractivity contribution is 0.00372. The predicted molar refractivity (Wildman–Crippen MR) is 91.0 cm³/mol. The summed E-state index contributed by atoms with van der Waals surface area (Å²) >= 11 is 0. The maximum Gasteiger partial charge on any atom is 0.0507 e. The van der Waals surface area contributed by atoms with E-state index in [0.29, 0.717) is 12.1 Å². The van der Waals surface area contributed by atoms with Crippen LogP contribution in [0.15, 0.2) is 24.3 Å². The van der Waals surface area contributed by atoms with Crippen molar-refractivity contribution in [3.63, 3.8) is 0 Å². The van der Waals surface area contributed by atoms with Crippen molar-refractivity contribution >= 4 is 10.9 Å². The number of hydrogen-bond acceptors (Lipinski definition) is 1. The van der Waals surface area contributed by atoms with E-state index < -0.39 is 0 Å². The molecule has 1 aromatic heterocycles. The van der Waals surface area contributed by atoms with Gasteiger partial charge in [0, 0.05) is 29.2 Å². The SMILES string of the molecule is C[C@@H]1Cc2c([nH]c3ccccc23)[C@@H]2C[C@@H]3CCCC[C@@H]3CN12. The number of para-hydroxylation sites is 1. The molecule has 0 bridgehead atoms. The monoisotopic (exact) mass is 294 g/mol. The second kappa shape index (κ2) is 4.86. The molecule has 2 heteroatoms. The molecule has 0 radical (unpaired) electrons. The van der Waals surface area contributed by atoms with E-state index in [9.17, 15) is 0 Å². The number of nitrogens with zero attached hydrogens (tertiary/aromatic N) is 1. The molecule has 0 amide bonds. The van der Waals surface area contributed by atoms with Gasteiger partial charge in [0.25, 0.3) is 0 Å². The number of nitrogens with one attached hydrogen (secondary N) is 1. The molecule has 3 aliphatic rings. The van der Waals surface area contributed by atoms with E-state index in [1.54, 1.807) is 11.3 Å². The number of aromatic nitrogens is 1. The molecule has 0 unspecified atom stereocenters. The number of H-pyrrole nitrogens is 1. The summed E-state index contributed by atoms with van der Waals surface area (Å²) in [5.74, 6) is 1.94. The van der Waals surface area contributed by atoms with Crippen LogP contribution in [0.25, 0.3) is 10.9 Å². The number of benzene rings is 1. The van der Waals surface area contributed by atoms with Gasteiger partial charge in [0.15, 0.2) is 0 Å². The Morgan fingerprint density at radius 1 is 1.09 bits per heavy atom. The fourth-order valence-corrected chi connectivity index (χ4v) is 5.56. The van der Waals surface area contributed by atoms with E-state index in [0.717, 1.165) is 11.8 Å². The van der Waals surface area contributed by atoms with Crippen LogP contribution >= 0.6 is 0 Å². The van der Waals surface area contributed by atoms with Gasteiger partial charge in [0.05, 0.1) is 6.04 Å². The molecule has 4 atom stereocenters. The molecule has 2 aliphatic heterocycles. The van der Waals surface area contributed by atoms with Crippen LogP contribution in [0.5, 0.6) is 0 Å². The van der Waals surface area contributed by atoms with E-state index in [4.69, 9.17) is 0 Å². The normalized spacial score (nSPS) is 35.0. The van der Waals surface area contributed by atoms with Crippen molar-refractivity contribution in [3.8, 4) is 0 Å². The molecule has 116 valence electrons. The second-order valence-corrected chi connectivity index (χ2v) is 7.87. The van der Waals surface area contributed by atoms with Gasteiger partial charge in [-0.1, -0.05) is 37.5 Å². The molecule has 1 N–H and O–H groups in total. The van der Waals surface area contributed by atoms with E-state index in [1.807, 2.05) is 0 Å². The Kier molecular flexibility index (Phi) is 2.91. The first kappa shape index (κ1) is 13.2. The fourth-order valence-electron chi connectivity index (χ4n) is 5.56. The summed E-state index contributed by atoms with van der Waals surface area (Å²) in [5, 5.41) is 1.47. The van der Waals surface area contributed by atoms with Gasteiger partial charge >= 0.3 is 0 Å². The second-order valence-electron chi connectivity index (χ2n) is 7.87. The van der Waals surface area contributed by atoms with Crippen LogP contribution in [0, 0.1) is 11.8 Å². The van der Waals surface area contributed by atoms with Crippen molar-refractivity contribution in [2.24, 2.45) is 11.8 Å². The van der Waals surface area contributed by atoms with Gasteiger partial charge in [-0.15, -0.1) is 0 Å². The van der Waals surface area contributed by atoms with Crippen molar-refractivity contribution in [2.75, 3.05) is 6.54 Å². The summed E-state index contributed by atoms with van der Waals surface area (Å²) < 4.78 is 0. The zero-order valence-electron chi connectivity index (χ0n) is 13.5. The lowest BCUT2D eigenvalue weighted by Crippen LogP contribution is -2.50. The van der Waals surface area contributed by atoms with Gasteiger partial charge in [0.1, 0.15) is 0 Å². The van der Waals surface area contributed by atoms with Crippen LogP contribution in [-0.4, -0.2) is 22.5 Å². The molecule has 0 spiro atoms. The van der Waals surface area contributed by atoms with E-state index >= 15 is 0 Å². The lowest BCUT2D eigenvalue weighted by atomic mass is 9.70. The summed E-state index contributed by atoms with van der Waals surface area (Å²) in [4.78, 5) is 6.61. The van der Waals surface area contributed by atoms with Crippen LogP contribution in [0.1, 0.15) is 56.3 Å². The average Bonchev–Trinajstić information content (AvgIpc) is 2.93. The van der Waals surface area contributed by atoms with Crippen LogP contribution in [0.3, 0.4) is 0 Å². The van der Waals surface area contributed by atoms with Gasteiger partial charge in [-0.2, -0.15) is 0 Å². The molecule has 1 saturated heterocycles. The molecule has 5 rings (SSSR count). The fraction of sp³-hybridized carbons (Fsp3) is 0.600. The third-order valence-electron chi connectivity index (χ3n) is 6.68. The Bertz CT molecular complexity index is 701. The highest BCUT2D eigenvalue weighted by Gasteiger charge is 2.43. The molecule has 2 nitrogen and oxygen atoms in total. The van der Waals surface area contributed by atoms with E-state index in [-0.39, 0.29) is 0 Å². The maximum atomic E-state index is 3.79. The molecule has 3 heterocycles. The molecule has 2 fully saturated rings. The minimum atomic E-state index is 0.644. The Balaban J connectivity index is 1.59. The molecule has 1 aromatic carbocycles. The quantitative estimate of drug-likeness (QED) is 0.748. The molecule has 1 aliphatic carbocycles. The smallest absolute Gasteiger partial charge is 0.0507 e. The minimum absolute atomic E-state index is 0.644. The van der Waals surface area contributed by atoms with Crippen molar-refractivity contribution in [1.29, 1.82) is 0 Å². The Hall–Kier alpha value is -1.28. The highest BCUT2D eigenvalue weighted by Crippen LogP contribution is 2.48. The van der Waals surface area contributed by atoms with Crippen molar-refractivity contribution < 1.29 is 0 Å². The number of fused-ring (bicyclic) bond motifs is 6. The summed E-state index contributed by atoms with van der Waals surface area (Å²) in [7, 11) is 0. The van der Waals surface area contributed by atoms with E-state index in [2.05, 4.69) is 41.1 Å². The zero-order chi connectivity index (χ0) is 14.7. The number of piperidine rings is 1. The van der Waals surface area contributed by atoms with Gasteiger partial charge in [0.2, 0.25) is 0 Å². The predicted octanol–water partition coefficient (Wildman–Crippen LogP) is 4.67. The first-order valence-corrected chi connectivity index (χ1v) is 9.16. The first-order chi connectivity index (χ1) is 10.8. The largest absolute Gasteiger partial charge is 0.357 e. The van der Waals surface area contributed by atoms with Crippen molar-refractivity contribution in [1.82, 2.24) is 9.88 Å². The Morgan fingerprint density at radius 3 is 2.82 bits per heavy atom. The maximum absolute atomic E-state index is 3.79. The molecular weight excluding hydrogens is 268 g/mol. The summed E-state index contributed by atoms with van der Waals surface area (Å²) in [6, 6.07) is 10.2. The molecule has 1 saturated carbocycles. The third kappa shape index (κ3) is 1.83. The minimum Gasteiger partial charge on any atom is -0.357 e. The highest BCUT2D eigenvalue weighted by atomic mass is 15.2. The van der Waals surface area contributed by atoms with Gasteiger partial charge in [-0.3, -0.25) is 4.90 Å². The standard InChI is InChI=1S/C20H26N2/c1-13-10-17-16-8-4-5-9-18(16)21-20(17)19-11-14-6-2-3-7-15(14)12-22(13)19/h4-5,8-9,13-15,19,21H,2-3,6-7,10-12H2,1H3/t13-,14+,15-,19+/m1/s1. The van der Waals surface area contributed by atoms with Crippen LogP contribution in [0.4, 0.5) is 0 Å². The van der Waals surface area contributed by atoms with Gasteiger partial charge < -0.3 is 4.98 Å². The topological polar surface area (TPSA) is 19.0 Å². The highest BCUT2D eigenvalue weighted by molar-refractivity contribution is 5.85. The summed E-state index contributed by atoms with van der Waals surface area (Å²) in [5.41, 5.74) is 4.49. The Labute approximate surface area is 132 Å². The Morgan fingerprint density at radius 2 is 1.91 bits per heavy atom. The van der Waals surface area contributed by atoms with Crippen molar-refractivity contribution in [3.05, 3.63) is 35.5 Å². The zero-order valence-corrected chi connectivity index (χ0v) is 13.5. The number of rotatable bonds is 0. The lowest BCUT2D eigenvalue weighted by Gasteiger charge is -2.50. The third-order valence-corrected chi connectivity index (χ3v) is 6.68. The molecule has 22 heavy (non-hydrogen) atoms. The first-order valence-electron chi connectivity index (χ1n) is 9.16. The number of hydrogen-bond donors (Lipinski definition) is 1. The number of aromatic amines is 1. The summed E-state index contributed by atoms with van der Waals surface area (Å²) in [6.07, 6.45) is 8.47. The molecule has 2 aromatic rings. The van der Waals surface area contributed by atoms with Crippen LogP contribution in [-0.2, 0) is 6.42 Å². The molecular formula is C20H26N2. The van der Waals surface area contributed by atoms with Crippen LogP contribution < -0.4 is 0 Å².